The fourth-order valence-electron chi connectivity index (χ4n) is 2.13. The molecule has 0 aromatic carbocycles. The van der Waals surface area contributed by atoms with Crippen molar-refractivity contribution in [2.75, 3.05) is 13.1 Å². The summed E-state index contributed by atoms with van der Waals surface area (Å²) in [5.74, 6) is -0.155. The number of nitrogens with one attached hydrogen (secondary N) is 2. The van der Waals surface area contributed by atoms with Crippen LogP contribution >= 0.6 is 0 Å². The Bertz CT molecular complexity index is 384. The van der Waals surface area contributed by atoms with Crippen molar-refractivity contribution in [2.24, 2.45) is 5.92 Å². The summed E-state index contributed by atoms with van der Waals surface area (Å²) in [6.07, 6.45) is 1.21. The fraction of sp³-hybridized carbons (Fsp3) is 0.714. The number of carbonyl (C=O) groups excluding carboxylic acids is 2. The number of alkyl halides is 1. The first-order valence-corrected chi connectivity index (χ1v) is 6.69. The zero-order valence-corrected chi connectivity index (χ0v) is 12.3. The molecule has 2 N–H and O–H groups in total. The molecule has 2 amide bonds. The molecule has 1 saturated carbocycles. The van der Waals surface area contributed by atoms with Gasteiger partial charge < -0.3 is 15.4 Å². The van der Waals surface area contributed by atoms with Crippen molar-refractivity contribution < 1.29 is 18.7 Å². The van der Waals surface area contributed by atoms with Crippen LogP contribution in [0, 0.1) is 5.92 Å². The molecule has 0 bridgehead atoms. The molecule has 0 heterocycles. The van der Waals surface area contributed by atoms with Gasteiger partial charge in [-0.25, -0.2) is 9.18 Å². The fourth-order valence-corrected chi connectivity index (χ4v) is 2.13. The van der Waals surface area contributed by atoms with Crippen molar-refractivity contribution in [1.82, 2.24) is 10.6 Å². The lowest BCUT2D eigenvalue weighted by molar-refractivity contribution is -0.117. The quantitative estimate of drug-likeness (QED) is 0.759. The molecule has 1 fully saturated rings. The van der Waals surface area contributed by atoms with Crippen LogP contribution in [0.5, 0.6) is 0 Å². The number of rotatable bonds is 5. The van der Waals surface area contributed by atoms with E-state index in [0.29, 0.717) is 19.4 Å². The van der Waals surface area contributed by atoms with E-state index >= 15 is 0 Å². The molecule has 6 heteroatoms. The molecule has 0 unspecified atom stereocenters. The van der Waals surface area contributed by atoms with Gasteiger partial charge >= 0.3 is 6.09 Å². The van der Waals surface area contributed by atoms with Gasteiger partial charge in [0.25, 0.3) is 0 Å². The highest BCUT2D eigenvalue weighted by Crippen LogP contribution is 2.40. The third-order valence-corrected chi connectivity index (χ3v) is 3.01. The highest BCUT2D eigenvalue weighted by molar-refractivity contribution is 5.86. The Balaban J connectivity index is 2.22. The Labute approximate surface area is 118 Å². The smallest absolute Gasteiger partial charge is 0.407 e. The van der Waals surface area contributed by atoms with Crippen molar-refractivity contribution in [2.45, 2.75) is 44.9 Å². The van der Waals surface area contributed by atoms with Crippen LogP contribution < -0.4 is 10.6 Å². The average molecular weight is 286 g/mol. The van der Waals surface area contributed by atoms with Crippen LogP contribution in [0.2, 0.25) is 0 Å². The normalized spacial score (nSPS) is 25.3. The summed E-state index contributed by atoms with van der Waals surface area (Å²) in [4.78, 5) is 22.4. The molecular weight excluding hydrogens is 263 g/mol. The third kappa shape index (κ3) is 5.59. The van der Waals surface area contributed by atoms with Gasteiger partial charge in [0.05, 0.1) is 6.54 Å². The van der Waals surface area contributed by atoms with E-state index in [1.807, 2.05) is 0 Å². The van der Waals surface area contributed by atoms with Gasteiger partial charge in [-0.2, -0.15) is 0 Å². The van der Waals surface area contributed by atoms with Crippen LogP contribution in [0.3, 0.4) is 0 Å². The van der Waals surface area contributed by atoms with Crippen LogP contribution in [0.1, 0.15) is 33.6 Å². The maximum absolute atomic E-state index is 14.2. The lowest BCUT2D eigenvalue weighted by Crippen LogP contribution is -2.52. The summed E-state index contributed by atoms with van der Waals surface area (Å²) < 4.78 is 19.2. The minimum absolute atomic E-state index is 0.0617. The molecular formula is C14H23FN2O3. The molecule has 0 aromatic rings. The Kier molecular flexibility index (Phi) is 5.14. The van der Waals surface area contributed by atoms with Gasteiger partial charge in [0, 0.05) is 6.54 Å². The first-order valence-electron chi connectivity index (χ1n) is 6.69. The lowest BCUT2D eigenvalue weighted by Gasteiger charge is -2.41. The van der Waals surface area contributed by atoms with E-state index in [0.717, 1.165) is 0 Å². The summed E-state index contributed by atoms with van der Waals surface area (Å²) >= 11 is 0. The van der Waals surface area contributed by atoms with Crippen LogP contribution in [0.25, 0.3) is 0 Å². The molecule has 1 rings (SSSR count). The van der Waals surface area contributed by atoms with Gasteiger partial charge in [-0.3, -0.25) is 4.79 Å². The number of carbonyl (C=O) groups is 2. The summed E-state index contributed by atoms with van der Waals surface area (Å²) in [5, 5.41) is 5.07. The zero-order valence-electron chi connectivity index (χ0n) is 12.3. The Morgan fingerprint density at radius 3 is 2.50 bits per heavy atom. The minimum atomic E-state index is -1.40. The average Bonchev–Trinajstić information content (AvgIpc) is 2.28. The number of alkyl carbamates (subject to hydrolysis) is 1. The predicted molar refractivity (Wildman–Crippen MR) is 74.0 cm³/mol. The molecule has 0 aromatic heterocycles. The van der Waals surface area contributed by atoms with E-state index in [2.05, 4.69) is 17.2 Å². The third-order valence-electron chi connectivity index (χ3n) is 3.01. The van der Waals surface area contributed by atoms with Gasteiger partial charge in [0.1, 0.15) is 11.3 Å². The van der Waals surface area contributed by atoms with Gasteiger partial charge in [-0.15, -0.1) is 0 Å². The van der Waals surface area contributed by atoms with Crippen molar-refractivity contribution in [3.8, 4) is 0 Å². The number of ether oxygens (including phenoxy) is 1. The molecule has 0 saturated heterocycles. The molecule has 1 aliphatic rings. The van der Waals surface area contributed by atoms with Gasteiger partial charge in [0.2, 0.25) is 5.91 Å². The van der Waals surface area contributed by atoms with E-state index in [1.165, 1.54) is 6.08 Å². The lowest BCUT2D eigenvalue weighted by atomic mass is 9.72. The largest absolute Gasteiger partial charge is 0.444 e. The second-order valence-corrected chi connectivity index (χ2v) is 6.23. The monoisotopic (exact) mass is 286 g/mol. The molecule has 20 heavy (non-hydrogen) atoms. The number of amides is 2. The molecule has 0 atom stereocenters. The van der Waals surface area contributed by atoms with Gasteiger partial charge in [0.15, 0.2) is 0 Å². The second kappa shape index (κ2) is 6.24. The minimum Gasteiger partial charge on any atom is -0.444 e. The molecule has 0 aliphatic heterocycles. The highest BCUT2D eigenvalue weighted by Gasteiger charge is 2.44. The van der Waals surface area contributed by atoms with E-state index in [1.54, 1.807) is 20.8 Å². The number of hydrogen-bond donors (Lipinski definition) is 2. The molecule has 0 radical (unpaired) electrons. The van der Waals surface area contributed by atoms with Crippen LogP contribution in [-0.2, 0) is 9.53 Å². The van der Waals surface area contributed by atoms with Crippen molar-refractivity contribution in [1.29, 1.82) is 0 Å². The van der Waals surface area contributed by atoms with Crippen LogP contribution in [-0.4, -0.2) is 36.4 Å². The Hall–Kier alpha value is -1.59. The first-order chi connectivity index (χ1) is 9.13. The molecule has 1 aliphatic carbocycles. The van der Waals surface area contributed by atoms with Gasteiger partial charge in [-0.05, 0) is 45.6 Å². The topological polar surface area (TPSA) is 67.4 Å². The standard InChI is InChI=1S/C14H23FN2O3/c1-5-11(18)16-8-10-6-14(15,7-10)9-17-12(19)20-13(2,3)4/h5,10H,1,6-9H2,2-4H3,(H,16,18)(H,17,19). The summed E-state index contributed by atoms with van der Waals surface area (Å²) in [6, 6.07) is 0. The van der Waals surface area contributed by atoms with Crippen LogP contribution in [0.15, 0.2) is 12.7 Å². The molecule has 5 nitrogen and oxygen atoms in total. The van der Waals surface area contributed by atoms with Crippen molar-refractivity contribution in [3.63, 3.8) is 0 Å². The van der Waals surface area contributed by atoms with Crippen molar-refractivity contribution in [3.05, 3.63) is 12.7 Å². The number of halogens is 1. The SMILES string of the molecule is C=CC(=O)NCC1CC(F)(CNC(=O)OC(C)(C)C)C1. The summed E-state index contributed by atoms with van der Waals surface area (Å²) in [6.45, 7) is 8.96. The molecule has 0 spiro atoms. The number of hydrogen-bond acceptors (Lipinski definition) is 3. The first kappa shape index (κ1) is 16.5. The summed E-state index contributed by atoms with van der Waals surface area (Å²) in [7, 11) is 0. The van der Waals surface area contributed by atoms with E-state index in [9.17, 15) is 14.0 Å². The summed E-state index contributed by atoms with van der Waals surface area (Å²) in [5.41, 5.74) is -1.99. The van der Waals surface area contributed by atoms with Crippen LogP contribution in [0.4, 0.5) is 9.18 Å². The Morgan fingerprint density at radius 2 is 2.00 bits per heavy atom. The maximum Gasteiger partial charge on any atom is 0.407 e. The zero-order chi connectivity index (χ0) is 15.4. The predicted octanol–water partition coefficient (Wildman–Crippen LogP) is 1.93. The second-order valence-electron chi connectivity index (χ2n) is 6.23. The highest BCUT2D eigenvalue weighted by atomic mass is 19.1. The van der Waals surface area contributed by atoms with E-state index in [-0.39, 0.29) is 18.4 Å². The maximum atomic E-state index is 14.2. The van der Waals surface area contributed by atoms with E-state index in [4.69, 9.17) is 4.74 Å². The van der Waals surface area contributed by atoms with Crippen molar-refractivity contribution >= 4 is 12.0 Å². The Morgan fingerprint density at radius 1 is 1.40 bits per heavy atom. The molecule has 114 valence electrons. The van der Waals surface area contributed by atoms with E-state index < -0.39 is 17.4 Å². The van der Waals surface area contributed by atoms with Gasteiger partial charge in [-0.1, -0.05) is 6.58 Å².